The summed E-state index contributed by atoms with van der Waals surface area (Å²) in [4.78, 5) is 15.4. The van der Waals surface area contributed by atoms with Crippen molar-refractivity contribution in [3.8, 4) is 6.07 Å². The molecule has 4 rings (SSSR count). The predicted molar refractivity (Wildman–Crippen MR) is 124 cm³/mol. The maximum atomic E-state index is 13.5. The number of allylic oxidation sites excluding steroid dienone is 3. The second-order valence-corrected chi connectivity index (χ2v) is 9.41. The van der Waals surface area contributed by atoms with E-state index < -0.39 is 5.92 Å². The van der Waals surface area contributed by atoms with Crippen LogP contribution in [-0.4, -0.2) is 5.78 Å². The highest BCUT2D eigenvalue weighted by Crippen LogP contribution is 2.50. The third-order valence-electron chi connectivity index (χ3n) is 6.36. The van der Waals surface area contributed by atoms with Crippen molar-refractivity contribution in [1.82, 2.24) is 0 Å². The highest BCUT2D eigenvalue weighted by Gasteiger charge is 2.44. The molecule has 1 atom stereocenters. The van der Waals surface area contributed by atoms with Crippen molar-refractivity contribution in [2.75, 3.05) is 4.90 Å². The lowest BCUT2D eigenvalue weighted by Crippen LogP contribution is -2.42. The molecule has 4 nitrogen and oxygen atoms in total. The highest BCUT2D eigenvalue weighted by molar-refractivity contribution is 6.01. The zero-order chi connectivity index (χ0) is 22.3. The average molecular weight is 412 g/mol. The Kier molecular flexibility index (Phi) is 5.23. The minimum absolute atomic E-state index is 0.105. The third kappa shape index (κ3) is 3.65. The third-order valence-corrected chi connectivity index (χ3v) is 6.36. The van der Waals surface area contributed by atoms with E-state index in [-0.39, 0.29) is 11.2 Å². The molecule has 2 aliphatic rings. The van der Waals surface area contributed by atoms with E-state index in [0.717, 1.165) is 40.9 Å². The van der Waals surface area contributed by atoms with Crippen LogP contribution in [0.15, 0.2) is 71.2 Å². The zero-order valence-corrected chi connectivity index (χ0v) is 18.7. The predicted octanol–water partition coefficient (Wildman–Crippen LogP) is 5.50. The lowest BCUT2D eigenvalue weighted by atomic mass is 9.68. The Labute approximate surface area is 184 Å². The molecule has 2 aromatic rings. The molecule has 2 N–H and O–H groups in total. The average Bonchev–Trinajstić information content (AvgIpc) is 2.72. The molecule has 0 amide bonds. The molecular formula is C27H29N3O. The molecule has 4 heteroatoms. The van der Waals surface area contributed by atoms with Crippen LogP contribution in [0.5, 0.6) is 0 Å². The Morgan fingerprint density at radius 2 is 1.87 bits per heavy atom. The molecule has 1 aliphatic carbocycles. The van der Waals surface area contributed by atoms with Crippen molar-refractivity contribution in [3.05, 3.63) is 87.9 Å². The molecule has 0 radical (unpaired) electrons. The molecule has 0 fully saturated rings. The fraction of sp³-hybridized carbons (Fsp3) is 0.333. The number of benzene rings is 2. The lowest BCUT2D eigenvalue weighted by Gasteiger charge is -2.43. The normalized spacial score (nSPS) is 20.5. The Morgan fingerprint density at radius 1 is 1.16 bits per heavy atom. The number of anilines is 1. The van der Waals surface area contributed by atoms with Crippen LogP contribution in [0.3, 0.4) is 0 Å². The van der Waals surface area contributed by atoms with Gasteiger partial charge in [-0.3, -0.25) is 9.69 Å². The van der Waals surface area contributed by atoms with E-state index in [1.54, 1.807) is 0 Å². The van der Waals surface area contributed by atoms with Crippen LogP contribution in [0.4, 0.5) is 5.69 Å². The summed E-state index contributed by atoms with van der Waals surface area (Å²) >= 11 is 0. The molecule has 31 heavy (non-hydrogen) atoms. The first kappa shape index (κ1) is 20.9. The molecule has 0 aromatic heterocycles. The summed E-state index contributed by atoms with van der Waals surface area (Å²) in [7, 11) is 0. The van der Waals surface area contributed by atoms with Gasteiger partial charge in [0.15, 0.2) is 5.78 Å². The Balaban J connectivity index is 1.97. The second kappa shape index (κ2) is 7.74. The van der Waals surface area contributed by atoms with Crippen LogP contribution in [0.25, 0.3) is 0 Å². The van der Waals surface area contributed by atoms with Crippen molar-refractivity contribution >= 4 is 11.5 Å². The molecule has 0 bridgehead atoms. The Morgan fingerprint density at radius 3 is 2.48 bits per heavy atom. The fourth-order valence-corrected chi connectivity index (χ4v) is 4.85. The quantitative estimate of drug-likeness (QED) is 0.724. The largest absolute Gasteiger partial charge is 0.384 e. The molecule has 1 aliphatic heterocycles. The van der Waals surface area contributed by atoms with Crippen LogP contribution < -0.4 is 10.6 Å². The SMILES string of the molecule is CCc1ccc([C@@H]2C(C#N)=C(N)N(c3cccc(C)c3)C3=C2C(=O)CC(C)(C)C3)cc1. The first-order valence-corrected chi connectivity index (χ1v) is 10.9. The number of nitrogens with zero attached hydrogens (tertiary/aromatic N) is 2. The van der Waals surface area contributed by atoms with E-state index in [4.69, 9.17) is 5.73 Å². The van der Waals surface area contributed by atoms with Gasteiger partial charge in [-0.1, -0.05) is 57.2 Å². The fourth-order valence-electron chi connectivity index (χ4n) is 4.85. The summed E-state index contributed by atoms with van der Waals surface area (Å²) in [6, 6.07) is 18.6. The molecule has 0 saturated carbocycles. The summed E-state index contributed by atoms with van der Waals surface area (Å²) in [5.41, 5.74) is 12.8. The number of carbonyl (C=O) groups is 1. The maximum absolute atomic E-state index is 13.5. The number of nitrogens with two attached hydrogens (primary N) is 1. The first-order valence-electron chi connectivity index (χ1n) is 10.9. The molecule has 2 aromatic carbocycles. The maximum Gasteiger partial charge on any atom is 0.162 e. The number of hydrogen-bond donors (Lipinski definition) is 1. The van der Waals surface area contributed by atoms with Gasteiger partial charge in [0.1, 0.15) is 5.82 Å². The highest BCUT2D eigenvalue weighted by atomic mass is 16.1. The molecule has 158 valence electrons. The van der Waals surface area contributed by atoms with Gasteiger partial charge in [-0.25, -0.2) is 0 Å². The van der Waals surface area contributed by atoms with Gasteiger partial charge in [0.2, 0.25) is 0 Å². The topological polar surface area (TPSA) is 70.1 Å². The minimum atomic E-state index is -0.421. The number of ketones is 1. The van der Waals surface area contributed by atoms with E-state index in [1.807, 2.05) is 42.2 Å². The molecule has 0 unspecified atom stereocenters. The standard InChI is InChI=1S/C27H29N3O/c1-5-18-9-11-19(12-10-18)24-21(16-28)26(29)30(20-8-6-7-17(2)13-20)22-14-27(3,4)15-23(31)25(22)24/h6-13,24H,5,14-15,29H2,1-4H3/t24-/m1/s1. The summed E-state index contributed by atoms with van der Waals surface area (Å²) in [5, 5.41) is 10.1. The number of carbonyl (C=O) groups excluding carboxylic acids is 1. The van der Waals surface area contributed by atoms with Crippen LogP contribution >= 0.6 is 0 Å². The van der Waals surface area contributed by atoms with Gasteiger partial charge in [0, 0.05) is 23.4 Å². The molecular weight excluding hydrogens is 382 g/mol. The lowest BCUT2D eigenvalue weighted by molar-refractivity contribution is -0.118. The summed E-state index contributed by atoms with van der Waals surface area (Å²) in [6.07, 6.45) is 2.14. The van der Waals surface area contributed by atoms with Crippen molar-refractivity contribution < 1.29 is 4.79 Å². The van der Waals surface area contributed by atoms with E-state index in [2.05, 4.69) is 45.0 Å². The molecule has 0 spiro atoms. The monoisotopic (exact) mass is 411 g/mol. The molecule has 1 heterocycles. The van der Waals surface area contributed by atoms with Gasteiger partial charge in [-0.2, -0.15) is 5.26 Å². The van der Waals surface area contributed by atoms with Crippen LogP contribution in [0.1, 0.15) is 56.2 Å². The van der Waals surface area contributed by atoms with Gasteiger partial charge < -0.3 is 5.73 Å². The summed E-state index contributed by atoms with van der Waals surface area (Å²) in [6.45, 7) is 8.38. The van der Waals surface area contributed by atoms with Crippen LogP contribution in [0, 0.1) is 23.7 Å². The van der Waals surface area contributed by atoms with Gasteiger partial charge in [0.25, 0.3) is 0 Å². The number of nitriles is 1. The molecule has 0 saturated heterocycles. The van der Waals surface area contributed by atoms with E-state index in [9.17, 15) is 10.1 Å². The van der Waals surface area contributed by atoms with E-state index in [1.165, 1.54) is 5.56 Å². The van der Waals surface area contributed by atoms with Gasteiger partial charge in [-0.15, -0.1) is 0 Å². The minimum Gasteiger partial charge on any atom is -0.384 e. The smallest absolute Gasteiger partial charge is 0.162 e. The number of Topliss-reactive ketones (excluding diaryl/α,β-unsaturated/α-hetero) is 1. The van der Waals surface area contributed by atoms with Crippen LogP contribution in [-0.2, 0) is 11.2 Å². The van der Waals surface area contributed by atoms with Crippen molar-refractivity contribution in [3.63, 3.8) is 0 Å². The Bertz CT molecular complexity index is 1150. The number of rotatable bonds is 3. The number of hydrogen-bond acceptors (Lipinski definition) is 4. The van der Waals surface area contributed by atoms with E-state index in [0.29, 0.717) is 17.8 Å². The zero-order valence-electron chi connectivity index (χ0n) is 18.7. The Hall–Kier alpha value is -3.32. The number of aryl methyl sites for hydroxylation is 2. The van der Waals surface area contributed by atoms with Gasteiger partial charge in [-0.05, 0) is 54.0 Å². The second-order valence-electron chi connectivity index (χ2n) is 9.41. The summed E-state index contributed by atoms with van der Waals surface area (Å²) < 4.78 is 0. The van der Waals surface area contributed by atoms with Crippen molar-refractivity contribution in [2.45, 2.75) is 52.9 Å². The summed E-state index contributed by atoms with van der Waals surface area (Å²) in [5.74, 6) is 0.103. The van der Waals surface area contributed by atoms with E-state index >= 15 is 0 Å². The van der Waals surface area contributed by atoms with Gasteiger partial charge >= 0.3 is 0 Å². The van der Waals surface area contributed by atoms with Crippen LogP contribution in [0.2, 0.25) is 0 Å². The first-order chi connectivity index (χ1) is 14.8. The van der Waals surface area contributed by atoms with Crippen molar-refractivity contribution in [1.29, 1.82) is 5.26 Å². The van der Waals surface area contributed by atoms with Crippen molar-refractivity contribution in [2.24, 2.45) is 11.1 Å². The van der Waals surface area contributed by atoms with Gasteiger partial charge in [0.05, 0.1) is 17.6 Å².